The normalized spacial score (nSPS) is 12.3. The Hall–Kier alpha value is -11.9. The van der Waals surface area contributed by atoms with E-state index in [4.69, 9.17) is 15.0 Å². The van der Waals surface area contributed by atoms with E-state index in [9.17, 15) is 0 Å². The third kappa shape index (κ3) is 9.51. The van der Waals surface area contributed by atoms with Crippen LogP contribution in [0.3, 0.4) is 0 Å². The van der Waals surface area contributed by atoms with Gasteiger partial charge in [0.2, 0.25) is 0 Å². The SMILES string of the molecule is c1ccc(-c2cccc(-c3ccc(-c4nc(-c5ccc(-c6cccc(-c7cccc(-c8cccc(-c9ccc%10c(c9)C9(c%11ccccc%11-c%11ccccc%119)c9ccccc9-%10)c8)c7)c6)cc5)nc(-c5cccc(-c6cccc(-c7ccccc7)c6)c5)n4)cc3)c2)cc1. The maximum absolute atomic E-state index is 5.24. The fraction of sp³-hybridized carbons (Fsp3) is 0.0114. The molecule has 1 spiro atoms. The molecule has 3 nitrogen and oxygen atoms in total. The zero-order chi connectivity index (χ0) is 60.2. The van der Waals surface area contributed by atoms with Crippen LogP contribution >= 0.6 is 0 Å². The van der Waals surface area contributed by atoms with Crippen molar-refractivity contribution >= 4 is 0 Å². The van der Waals surface area contributed by atoms with Gasteiger partial charge < -0.3 is 0 Å². The first-order valence-electron chi connectivity index (χ1n) is 31.2. The smallest absolute Gasteiger partial charge is 0.164 e. The summed E-state index contributed by atoms with van der Waals surface area (Å²) in [5, 5.41) is 0. The highest BCUT2D eigenvalue weighted by Crippen LogP contribution is 2.63. The number of aromatic nitrogens is 3. The van der Waals surface area contributed by atoms with Gasteiger partial charge in [-0.05, 0) is 176 Å². The van der Waals surface area contributed by atoms with E-state index in [1.807, 2.05) is 0 Å². The largest absolute Gasteiger partial charge is 0.208 e. The average Bonchev–Trinajstić information content (AvgIpc) is 1.52. The second-order valence-electron chi connectivity index (χ2n) is 23.8. The summed E-state index contributed by atoms with van der Waals surface area (Å²) in [6, 6.07) is 125. The van der Waals surface area contributed by atoms with E-state index < -0.39 is 5.41 Å². The van der Waals surface area contributed by atoms with Crippen LogP contribution < -0.4 is 0 Å². The first-order valence-corrected chi connectivity index (χ1v) is 31.2. The second-order valence-corrected chi connectivity index (χ2v) is 23.8. The van der Waals surface area contributed by atoms with Crippen LogP contribution in [0.5, 0.6) is 0 Å². The molecule has 0 fully saturated rings. The van der Waals surface area contributed by atoms with Crippen molar-refractivity contribution in [3.8, 4) is 145 Å². The lowest BCUT2D eigenvalue weighted by Crippen LogP contribution is -2.25. The summed E-state index contributed by atoms with van der Waals surface area (Å²) < 4.78 is 0. The van der Waals surface area contributed by atoms with Crippen LogP contribution in [-0.4, -0.2) is 15.0 Å². The Balaban J connectivity index is 0.678. The van der Waals surface area contributed by atoms with Crippen molar-refractivity contribution in [2.75, 3.05) is 0 Å². The molecule has 1 heterocycles. The Morgan fingerprint density at radius 1 is 0.143 bits per heavy atom. The van der Waals surface area contributed by atoms with Crippen LogP contribution in [0.1, 0.15) is 22.3 Å². The van der Waals surface area contributed by atoms with Crippen molar-refractivity contribution in [3.05, 3.63) is 368 Å². The molecule has 0 bridgehead atoms. The van der Waals surface area contributed by atoms with Crippen LogP contribution in [-0.2, 0) is 5.41 Å². The fourth-order valence-corrected chi connectivity index (χ4v) is 14.2. The summed E-state index contributed by atoms with van der Waals surface area (Å²) in [5.74, 6) is 1.82. The highest BCUT2D eigenvalue weighted by Gasteiger charge is 2.51. The standard InChI is InChI=1S/C88H57N3/c1-3-19-58(20-4-1)64-23-13-25-66(51-64)60-41-45-62(46-42-60)85-89-86(91-87(90-85)76-34-18-33-74(56-76)69-28-14-24-65(52-69)59-21-5-2-6-22-59)63-47-43-61(44-48-63)67-26-15-27-68(53-67)70-29-16-30-71(54-70)72-31-17-32-73(55-72)75-49-50-80-79-37-9-12-40-83(79)88(84(80)57-75)81-38-10-7-35-77(81)78-36-8-11-39-82(78)88/h1-57H. The Bertz CT molecular complexity index is 5210. The van der Waals surface area contributed by atoms with Gasteiger partial charge >= 0.3 is 0 Å². The molecule has 0 aliphatic heterocycles. The van der Waals surface area contributed by atoms with E-state index in [-0.39, 0.29) is 0 Å². The van der Waals surface area contributed by atoms with Crippen molar-refractivity contribution in [1.82, 2.24) is 15.0 Å². The summed E-state index contributed by atoms with van der Waals surface area (Å²) in [7, 11) is 0. The first kappa shape index (κ1) is 53.3. The van der Waals surface area contributed by atoms with E-state index in [1.54, 1.807) is 0 Å². The van der Waals surface area contributed by atoms with E-state index >= 15 is 0 Å². The zero-order valence-electron chi connectivity index (χ0n) is 49.8. The van der Waals surface area contributed by atoms with Gasteiger partial charge in [0.05, 0.1) is 5.41 Å². The Morgan fingerprint density at radius 2 is 0.363 bits per heavy atom. The Morgan fingerprint density at radius 3 is 0.714 bits per heavy atom. The summed E-state index contributed by atoms with van der Waals surface area (Å²) in [6.07, 6.45) is 0. The molecule has 14 aromatic carbocycles. The molecule has 0 N–H and O–H groups in total. The predicted octanol–water partition coefficient (Wildman–Crippen LogP) is 22.6. The lowest BCUT2D eigenvalue weighted by atomic mass is 9.70. The summed E-state index contributed by atoms with van der Waals surface area (Å²) in [4.78, 5) is 15.7. The second kappa shape index (κ2) is 22.4. The molecule has 0 unspecified atom stereocenters. The molecule has 17 rings (SSSR count). The molecule has 0 amide bonds. The van der Waals surface area contributed by atoms with Gasteiger partial charge in [0, 0.05) is 16.7 Å². The van der Waals surface area contributed by atoms with E-state index in [0.717, 1.165) is 61.2 Å². The van der Waals surface area contributed by atoms with Gasteiger partial charge in [-0.25, -0.2) is 15.0 Å². The molecule has 91 heavy (non-hydrogen) atoms. The minimum Gasteiger partial charge on any atom is -0.208 e. The highest BCUT2D eigenvalue weighted by molar-refractivity contribution is 5.96. The lowest BCUT2D eigenvalue weighted by Gasteiger charge is -2.30. The molecule has 0 saturated heterocycles. The van der Waals surface area contributed by atoms with Gasteiger partial charge in [-0.3, -0.25) is 0 Å². The average molecular weight is 1160 g/mol. The molecule has 0 saturated carbocycles. The number of fused-ring (bicyclic) bond motifs is 10. The van der Waals surface area contributed by atoms with Crippen molar-refractivity contribution in [2.24, 2.45) is 0 Å². The minimum absolute atomic E-state index is 0.390. The molecule has 3 heteroatoms. The van der Waals surface area contributed by atoms with Crippen LogP contribution in [0.15, 0.2) is 346 Å². The molecule has 0 atom stereocenters. The van der Waals surface area contributed by atoms with Crippen molar-refractivity contribution in [2.45, 2.75) is 5.41 Å². The van der Waals surface area contributed by atoms with Gasteiger partial charge in [0.15, 0.2) is 17.5 Å². The Kier molecular flexibility index (Phi) is 13.1. The summed E-state index contributed by atoms with van der Waals surface area (Å²) >= 11 is 0. The monoisotopic (exact) mass is 1160 g/mol. The van der Waals surface area contributed by atoms with Gasteiger partial charge in [-0.15, -0.1) is 0 Å². The van der Waals surface area contributed by atoms with Crippen molar-refractivity contribution in [3.63, 3.8) is 0 Å². The molecule has 2 aliphatic carbocycles. The Labute approximate surface area is 530 Å². The van der Waals surface area contributed by atoms with Gasteiger partial charge in [0.1, 0.15) is 0 Å². The maximum Gasteiger partial charge on any atom is 0.164 e. The van der Waals surface area contributed by atoms with Gasteiger partial charge in [-0.1, -0.05) is 303 Å². The topological polar surface area (TPSA) is 38.7 Å². The van der Waals surface area contributed by atoms with Crippen LogP contribution in [0.25, 0.3) is 145 Å². The number of nitrogens with zero attached hydrogens (tertiary/aromatic N) is 3. The molecular weight excluding hydrogens is 1100 g/mol. The number of rotatable bonds is 11. The molecule has 2 aliphatic rings. The molecule has 15 aromatic rings. The molecule has 1 aromatic heterocycles. The fourth-order valence-electron chi connectivity index (χ4n) is 14.2. The van der Waals surface area contributed by atoms with Crippen molar-refractivity contribution < 1.29 is 0 Å². The molecular formula is C88H57N3. The first-order chi connectivity index (χ1) is 45.1. The van der Waals surface area contributed by atoms with E-state index in [2.05, 4.69) is 346 Å². The quantitative estimate of drug-likeness (QED) is 0.130. The zero-order valence-corrected chi connectivity index (χ0v) is 49.8. The van der Waals surface area contributed by atoms with E-state index in [0.29, 0.717) is 17.5 Å². The highest BCUT2D eigenvalue weighted by atomic mass is 15.0. The molecule has 424 valence electrons. The van der Waals surface area contributed by atoms with Gasteiger partial charge in [0.25, 0.3) is 0 Å². The van der Waals surface area contributed by atoms with Crippen molar-refractivity contribution in [1.29, 1.82) is 0 Å². The van der Waals surface area contributed by atoms with Crippen LogP contribution in [0.4, 0.5) is 0 Å². The minimum atomic E-state index is -0.390. The number of hydrogen-bond acceptors (Lipinski definition) is 3. The summed E-state index contributed by atoms with van der Waals surface area (Å²) in [6.45, 7) is 0. The lowest BCUT2D eigenvalue weighted by molar-refractivity contribution is 0.794. The van der Waals surface area contributed by atoms with Crippen LogP contribution in [0, 0.1) is 0 Å². The predicted molar refractivity (Wildman–Crippen MR) is 376 cm³/mol. The third-order valence-electron chi connectivity index (χ3n) is 18.6. The molecule has 0 radical (unpaired) electrons. The third-order valence-corrected chi connectivity index (χ3v) is 18.6. The van der Waals surface area contributed by atoms with Gasteiger partial charge in [-0.2, -0.15) is 0 Å². The number of hydrogen-bond donors (Lipinski definition) is 0. The van der Waals surface area contributed by atoms with Crippen LogP contribution in [0.2, 0.25) is 0 Å². The number of benzene rings is 14. The maximum atomic E-state index is 5.24. The van der Waals surface area contributed by atoms with E-state index in [1.165, 1.54) is 89.0 Å². The summed E-state index contributed by atoms with van der Waals surface area (Å²) in [5.41, 5.74) is 31.5.